The topological polar surface area (TPSA) is 105 Å². The van der Waals surface area contributed by atoms with Gasteiger partial charge >= 0.3 is 7.82 Å². The minimum absolute atomic E-state index is 0.0158. The van der Waals surface area contributed by atoms with E-state index in [9.17, 15) is 14.2 Å². The van der Waals surface area contributed by atoms with Crippen LogP contribution in [0.5, 0.6) is 0 Å². The Hall–Kier alpha value is -2.95. The van der Waals surface area contributed by atoms with E-state index < -0.39 is 7.82 Å². The second kappa shape index (κ2) is 14.7. The first-order chi connectivity index (χ1) is 17.9. The average Bonchev–Trinajstić information content (AvgIpc) is 2.89. The fourth-order valence-electron chi connectivity index (χ4n) is 4.03. The summed E-state index contributed by atoms with van der Waals surface area (Å²) < 4.78 is 20.3. The molecule has 198 valence electrons. The van der Waals surface area contributed by atoms with E-state index in [1.54, 1.807) is 0 Å². The van der Waals surface area contributed by atoms with Crippen molar-refractivity contribution in [2.45, 2.75) is 57.9 Å². The van der Waals surface area contributed by atoms with Crippen molar-refractivity contribution in [3.8, 4) is 11.8 Å². The van der Waals surface area contributed by atoms with Crippen molar-refractivity contribution in [3.63, 3.8) is 0 Å². The SMILES string of the molecule is COP(=O)(O)OCCCCCCNC(=O)CCCCC(=O)N1Cc2ccccc2C#Cc2ccccc21. The van der Waals surface area contributed by atoms with Gasteiger partial charge in [0.1, 0.15) is 0 Å². The van der Waals surface area contributed by atoms with Crippen molar-refractivity contribution in [1.82, 2.24) is 5.32 Å². The van der Waals surface area contributed by atoms with E-state index in [0.717, 1.165) is 48.8 Å². The number of fused-ring (bicyclic) bond motifs is 2. The van der Waals surface area contributed by atoms with Gasteiger partial charge in [-0.1, -0.05) is 55.0 Å². The van der Waals surface area contributed by atoms with Gasteiger partial charge in [-0.15, -0.1) is 0 Å². The molecular formula is C28H35N2O6P. The zero-order valence-electron chi connectivity index (χ0n) is 21.3. The number of phosphoric ester groups is 1. The van der Waals surface area contributed by atoms with Crippen LogP contribution in [0.2, 0.25) is 0 Å². The van der Waals surface area contributed by atoms with Crippen molar-refractivity contribution < 1.29 is 28.1 Å². The summed E-state index contributed by atoms with van der Waals surface area (Å²) in [5.41, 5.74) is 3.61. The molecule has 0 spiro atoms. The van der Waals surface area contributed by atoms with Gasteiger partial charge in [0.15, 0.2) is 0 Å². The number of unbranched alkanes of at least 4 members (excludes halogenated alkanes) is 4. The summed E-state index contributed by atoms with van der Waals surface area (Å²) in [7, 11) is -2.76. The number of carbonyl (C=O) groups is 2. The summed E-state index contributed by atoms with van der Waals surface area (Å²) in [6, 6.07) is 15.6. The largest absolute Gasteiger partial charge is 0.471 e. The second-order valence-corrected chi connectivity index (χ2v) is 10.4. The van der Waals surface area contributed by atoms with Gasteiger partial charge in [-0.3, -0.25) is 18.6 Å². The molecule has 2 N–H and O–H groups in total. The lowest BCUT2D eigenvalue weighted by Crippen LogP contribution is -2.31. The molecule has 2 aromatic carbocycles. The van der Waals surface area contributed by atoms with Crippen molar-refractivity contribution in [3.05, 3.63) is 65.2 Å². The summed E-state index contributed by atoms with van der Waals surface area (Å²) in [5.74, 6) is 6.44. The number of hydrogen-bond donors (Lipinski definition) is 2. The molecule has 0 aliphatic carbocycles. The number of rotatable bonds is 14. The van der Waals surface area contributed by atoms with Crippen LogP contribution >= 0.6 is 7.82 Å². The molecule has 1 heterocycles. The maximum absolute atomic E-state index is 13.2. The Labute approximate surface area is 219 Å². The number of para-hydroxylation sites is 1. The maximum Gasteiger partial charge on any atom is 0.471 e. The lowest BCUT2D eigenvalue weighted by atomic mass is 10.0. The summed E-state index contributed by atoms with van der Waals surface area (Å²) in [4.78, 5) is 36.3. The van der Waals surface area contributed by atoms with Crippen LogP contribution in [-0.2, 0) is 29.7 Å². The van der Waals surface area contributed by atoms with Crippen LogP contribution in [0, 0.1) is 11.8 Å². The molecule has 1 atom stereocenters. The van der Waals surface area contributed by atoms with E-state index in [4.69, 9.17) is 9.42 Å². The standard InChI is InChI=1S/C28H35N2O6P/c1-35-37(33,34)36-21-11-3-2-10-20-29-27(31)16-8-9-17-28(32)30-22-25-14-5-4-12-23(25)18-19-24-13-6-7-15-26(24)30/h4-7,12-15H,2-3,8-11,16-17,20-22H2,1H3,(H,29,31)(H,33,34). The molecule has 0 bridgehead atoms. The number of nitrogens with one attached hydrogen (secondary N) is 1. The lowest BCUT2D eigenvalue weighted by molar-refractivity contribution is -0.122. The number of amides is 2. The van der Waals surface area contributed by atoms with Crippen LogP contribution in [0.15, 0.2) is 48.5 Å². The third-order valence-electron chi connectivity index (χ3n) is 6.10. The molecule has 3 rings (SSSR count). The van der Waals surface area contributed by atoms with Gasteiger partial charge < -0.3 is 15.1 Å². The summed E-state index contributed by atoms with van der Waals surface area (Å²) in [6.07, 6.45) is 5.20. The highest BCUT2D eigenvalue weighted by atomic mass is 31.2. The molecule has 0 fully saturated rings. The molecule has 1 unspecified atom stereocenters. The molecule has 0 aromatic heterocycles. The predicted molar refractivity (Wildman–Crippen MR) is 143 cm³/mol. The average molecular weight is 527 g/mol. The first-order valence-electron chi connectivity index (χ1n) is 12.7. The minimum atomic E-state index is -3.89. The van der Waals surface area contributed by atoms with Crippen LogP contribution in [0.25, 0.3) is 0 Å². The number of hydrogen-bond acceptors (Lipinski definition) is 5. The molecule has 2 aromatic rings. The molecule has 8 nitrogen and oxygen atoms in total. The summed E-state index contributed by atoms with van der Waals surface area (Å²) >= 11 is 0. The smallest absolute Gasteiger partial charge is 0.356 e. The molecule has 0 radical (unpaired) electrons. The third kappa shape index (κ3) is 9.46. The van der Waals surface area contributed by atoms with Crippen LogP contribution in [-0.4, -0.2) is 37.0 Å². The number of benzene rings is 2. The Balaban J connectivity index is 1.35. The molecule has 1 aliphatic heterocycles. The van der Waals surface area contributed by atoms with Gasteiger partial charge in [-0.25, -0.2) is 4.57 Å². The summed E-state index contributed by atoms with van der Waals surface area (Å²) in [5, 5.41) is 2.91. The molecule has 0 saturated heterocycles. The third-order valence-corrected chi connectivity index (χ3v) is 7.07. The highest BCUT2D eigenvalue weighted by molar-refractivity contribution is 7.47. The van der Waals surface area contributed by atoms with Crippen molar-refractivity contribution in [2.24, 2.45) is 0 Å². The monoisotopic (exact) mass is 526 g/mol. The molecule has 9 heteroatoms. The molecule has 2 amide bonds. The first-order valence-corrected chi connectivity index (χ1v) is 14.2. The van der Waals surface area contributed by atoms with Gasteiger partial charge in [-0.05, 0) is 49.4 Å². The van der Waals surface area contributed by atoms with Crippen molar-refractivity contribution >= 4 is 25.3 Å². The van der Waals surface area contributed by atoms with Crippen LogP contribution < -0.4 is 10.2 Å². The fraction of sp³-hybridized carbons (Fsp3) is 0.429. The molecule has 37 heavy (non-hydrogen) atoms. The van der Waals surface area contributed by atoms with Crippen molar-refractivity contribution in [1.29, 1.82) is 0 Å². The van der Waals surface area contributed by atoms with E-state index in [-0.39, 0.29) is 18.4 Å². The van der Waals surface area contributed by atoms with E-state index in [1.165, 1.54) is 0 Å². The van der Waals surface area contributed by atoms with Crippen LogP contribution in [0.4, 0.5) is 5.69 Å². The Kier molecular flexibility index (Phi) is 11.4. The zero-order chi connectivity index (χ0) is 26.5. The van der Waals surface area contributed by atoms with E-state index in [2.05, 4.69) is 21.7 Å². The highest BCUT2D eigenvalue weighted by Gasteiger charge is 2.21. The fourth-order valence-corrected chi connectivity index (χ4v) is 4.50. The number of carbonyl (C=O) groups excluding carboxylic acids is 2. The normalized spacial score (nSPS) is 13.7. The van der Waals surface area contributed by atoms with Gasteiger partial charge in [0.05, 0.1) is 18.8 Å². The summed E-state index contributed by atoms with van der Waals surface area (Å²) in [6.45, 7) is 1.22. The van der Waals surface area contributed by atoms with Gasteiger partial charge in [0, 0.05) is 37.6 Å². The number of phosphoric acid groups is 1. The quantitative estimate of drug-likeness (QED) is 0.205. The van der Waals surface area contributed by atoms with E-state index in [0.29, 0.717) is 45.2 Å². The minimum Gasteiger partial charge on any atom is -0.356 e. The number of nitrogens with zero attached hydrogens (tertiary/aromatic N) is 1. The van der Waals surface area contributed by atoms with Gasteiger partial charge in [0.2, 0.25) is 11.8 Å². The maximum atomic E-state index is 13.2. The second-order valence-electron chi connectivity index (χ2n) is 8.86. The molecular weight excluding hydrogens is 491 g/mol. The first kappa shape index (κ1) is 28.6. The van der Waals surface area contributed by atoms with Crippen LogP contribution in [0.1, 0.15) is 68.1 Å². The molecule has 1 aliphatic rings. The van der Waals surface area contributed by atoms with Crippen molar-refractivity contribution in [2.75, 3.05) is 25.2 Å². The highest BCUT2D eigenvalue weighted by Crippen LogP contribution is 2.41. The van der Waals surface area contributed by atoms with Gasteiger partial charge in [-0.2, -0.15) is 0 Å². The van der Waals surface area contributed by atoms with E-state index in [1.807, 2.05) is 53.4 Å². The molecule has 0 saturated carbocycles. The van der Waals surface area contributed by atoms with Gasteiger partial charge in [0.25, 0.3) is 0 Å². The Morgan fingerprint density at radius 2 is 1.62 bits per heavy atom. The van der Waals surface area contributed by atoms with Crippen LogP contribution in [0.3, 0.4) is 0 Å². The Morgan fingerprint density at radius 1 is 0.946 bits per heavy atom. The Morgan fingerprint density at radius 3 is 2.43 bits per heavy atom. The van der Waals surface area contributed by atoms with E-state index >= 15 is 0 Å². The number of anilines is 1. The zero-order valence-corrected chi connectivity index (χ0v) is 22.2. The lowest BCUT2D eigenvalue weighted by Gasteiger charge is -2.26. The Bertz CT molecular complexity index is 1170. The predicted octanol–water partition coefficient (Wildman–Crippen LogP) is 4.93.